The van der Waals surface area contributed by atoms with Crippen LogP contribution in [0.15, 0.2) is 24.3 Å². The van der Waals surface area contributed by atoms with E-state index in [1.165, 1.54) is 0 Å². The number of carboxylic acid groups (broad SMARTS) is 1. The second-order valence-electron chi connectivity index (χ2n) is 4.18. The summed E-state index contributed by atoms with van der Waals surface area (Å²) in [5, 5.41) is 11.5. The Labute approximate surface area is 126 Å². The van der Waals surface area contributed by atoms with Crippen molar-refractivity contribution in [2.24, 2.45) is 5.73 Å². The average Bonchev–Trinajstić information content (AvgIpc) is 2.42. The fourth-order valence-corrected chi connectivity index (χ4v) is 1.68. The van der Waals surface area contributed by atoms with Crippen LogP contribution in [0.2, 0.25) is 5.02 Å². The number of nitrogens with one attached hydrogen (secondary N) is 1. The number of halogens is 1. The van der Waals surface area contributed by atoms with E-state index in [4.69, 9.17) is 27.2 Å². The van der Waals surface area contributed by atoms with E-state index in [1.54, 1.807) is 24.3 Å². The van der Waals surface area contributed by atoms with Crippen LogP contribution in [0.25, 0.3) is 0 Å². The summed E-state index contributed by atoms with van der Waals surface area (Å²) in [6.07, 6.45) is -0.217. The van der Waals surface area contributed by atoms with Crippen LogP contribution >= 0.6 is 11.6 Å². The number of amides is 2. The van der Waals surface area contributed by atoms with Gasteiger partial charge < -0.3 is 20.9 Å². The molecule has 1 atom stereocenters. The van der Waals surface area contributed by atoms with Crippen LogP contribution < -0.4 is 15.8 Å². The Hall–Kier alpha value is -2.28. The lowest BCUT2D eigenvalue weighted by Crippen LogP contribution is -2.43. The number of nitrogens with two attached hydrogens (primary N) is 1. The van der Waals surface area contributed by atoms with Crippen LogP contribution in [-0.4, -0.2) is 35.5 Å². The third kappa shape index (κ3) is 6.13. The molecular weight excluding hydrogens is 300 g/mol. The molecule has 1 rings (SSSR count). The van der Waals surface area contributed by atoms with Gasteiger partial charge in [0.1, 0.15) is 11.8 Å². The topological polar surface area (TPSA) is 119 Å². The minimum atomic E-state index is -1.25. The van der Waals surface area contributed by atoms with Gasteiger partial charge >= 0.3 is 5.97 Å². The second kappa shape index (κ2) is 8.11. The standard InChI is InChI=1S/C13H15ClN2O5/c14-8-3-1-2-4-10(8)21-7-12(18)16-9(13(19)20)5-6-11(15)17/h1-4,9H,5-7H2,(H2,15,17)(H,16,18)(H,19,20)/t9-/m1/s1. The molecule has 0 spiro atoms. The van der Waals surface area contributed by atoms with Crippen molar-refractivity contribution in [2.75, 3.05) is 6.61 Å². The van der Waals surface area contributed by atoms with Gasteiger partial charge in [-0.1, -0.05) is 23.7 Å². The van der Waals surface area contributed by atoms with Gasteiger partial charge in [-0.15, -0.1) is 0 Å². The first kappa shape index (κ1) is 16.8. The highest BCUT2D eigenvalue weighted by Crippen LogP contribution is 2.22. The van der Waals surface area contributed by atoms with Crippen LogP contribution in [0.1, 0.15) is 12.8 Å². The minimum absolute atomic E-state index is 0.0809. The Morgan fingerprint density at radius 2 is 2.00 bits per heavy atom. The molecule has 0 radical (unpaired) electrons. The Morgan fingerprint density at radius 1 is 1.33 bits per heavy atom. The first-order valence-corrected chi connectivity index (χ1v) is 6.45. The number of carboxylic acids is 1. The summed E-state index contributed by atoms with van der Waals surface area (Å²) in [6, 6.07) is 5.38. The van der Waals surface area contributed by atoms with E-state index >= 15 is 0 Å². The minimum Gasteiger partial charge on any atom is -0.482 e. The molecule has 0 aliphatic carbocycles. The fourth-order valence-electron chi connectivity index (χ4n) is 1.49. The number of hydrogen-bond acceptors (Lipinski definition) is 4. The molecule has 4 N–H and O–H groups in total. The van der Waals surface area contributed by atoms with E-state index in [2.05, 4.69) is 5.32 Å². The van der Waals surface area contributed by atoms with Crippen LogP contribution in [0.4, 0.5) is 0 Å². The largest absolute Gasteiger partial charge is 0.482 e. The Kier molecular flexibility index (Phi) is 6.48. The molecule has 0 bridgehead atoms. The maximum atomic E-state index is 11.6. The van der Waals surface area contributed by atoms with Gasteiger partial charge in [-0.3, -0.25) is 9.59 Å². The Balaban J connectivity index is 2.49. The number of ether oxygens (including phenoxy) is 1. The third-order valence-electron chi connectivity index (χ3n) is 2.51. The van der Waals surface area contributed by atoms with Crippen LogP contribution in [0.5, 0.6) is 5.75 Å². The molecule has 0 fully saturated rings. The average molecular weight is 315 g/mol. The third-order valence-corrected chi connectivity index (χ3v) is 2.82. The highest BCUT2D eigenvalue weighted by atomic mass is 35.5. The van der Waals surface area contributed by atoms with Crippen LogP contribution in [0, 0.1) is 0 Å². The Morgan fingerprint density at radius 3 is 2.57 bits per heavy atom. The summed E-state index contributed by atoms with van der Waals surface area (Å²) in [7, 11) is 0. The summed E-state index contributed by atoms with van der Waals surface area (Å²) in [5.41, 5.74) is 4.94. The van der Waals surface area contributed by atoms with Gasteiger partial charge in [-0.2, -0.15) is 0 Å². The molecule has 7 nitrogen and oxygen atoms in total. The van der Waals surface area contributed by atoms with E-state index < -0.39 is 23.8 Å². The predicted octanol–water partition coefficient (Wildman–Crippen LogP) is 0.554. The van der Waals surface area contributed by atoms with Crippen molar-refractivity contribution in [2.45, 2.75) is 18.9 Å². The van der Waals surface area contributed by atoms with Crippen molar-refractivity contribution in [1.82, 2.24) is 5.32 Å². The van der Waals surface area contributed by atoms with Crippen LogP contribution in [-0.2, 0) is 14.4 Å². The number of carbonyl (C=O) groups excluding carboxylic acids is 2. The summed E-state index contributed by atoms with van der Waals surface area (Å²) in [4.78, 5) is 33.2. The zero-order chi connectivity index (χ0) is 15.8. The van der Waals surface area contributed by atoms with Crippen molar-refractivity contribution in [3.63, 3.8) is 0 Å². The van der Waals surface area contributed by atoms with E-state index in [1.807, 2.05) is 0 Å². The molecule has 0 unspecified atom stereocenters. The normalized spacial score (nSPS) is 11.5. The smallest absolute Gasteiger partial charge is 0.326 e. The van der Waals surface area contributed by atoms with Gasteiger partial charge in [-0.25, -0.2) is 4.79 Å². The summed E-state index contributed by atoms with van der Waals surface area (Å²) >= 11 is 5.85. The maximum absolute atomic E-state index is 11.6. The first-order chi connectivity index (χ1) is 9.90. The zero-order valence-electron chi connectivity index (χ0n) is 11.0. The lowest BCUT2D eigenvalue weighted by Gasteiger charge is -2.14. The van der Waals surface area contributed by atoms with Gasteiger partial charge in [-0.05, 0) is 18.6 Å². The number of primary amides is 1. The summed E-state index contributed by atoms with van der Waals surface area (Å²) < 4.78 is 5.18. The van der Waals surface area contributed by atoms with Gasteiger partial charge in [0.15, 0.2) is 6.61 Å². The molecule has 21 heavy (non-hydrogen) atoms. The number of hydrogen-bond donors (Lipinski definition) is 3. The first-order valence-electron chi connectivity index (χ1n) is 6.08. The fraction of sp³-hybridized carbons (Fsp3) is 0.308. The number of benzene rings is 1. The number of rotatable bonds is 8. The number of para-hydroxylation sites is 1. The van der Waals surface area contributed by atoms with Crippen LogP contribution in [0.3, 0.4) is 0 Å². The molecule has 0 aliphatic heterocycles. The summed E-state index contributed by atoms with van der Waals surface area (Å²) in [6.45, 7) is -0.385. The molecule has 1 aromatic carbocycles. The lowest BCUT2D eigenvalue weighted by molar-refractivity contribution is -0.142. The molecule has 8 heteroatoms. The van der Waals surface area contributed by atoms with E-state index in [9.17, 15) is 14.4 Å². The molecule has 0 aromatic heterocycles. The lowest BCUT2D eigenvalue weighted by atomic mass is 10.1. The van der Waals surface area contributed by atoms with Gasteiger partial charge in [0.25, 0.3) is 5.91 Å². The predicted molar refractivity (Wildman–Crippen MR) is 74.9 cm³/mol. The Bertz CT molecular complexity index is 535. The molecular formula is C13H15ClN2O5. The maximum Gasteiger partial charge on any atom is 0.326 e. The molecule has 0 aliphatic rings. The quantitative estimate of drug-likeness (QED) is 0.647. The molecule has 2 amide bonds. The molecule has 114 valence electrons. The van der Waals surface area contributed by atoms with Gasteiger partial charge in [0.05, 0.1) is 5.02 Å². The van der Waals surface area contributed by atoms with Gasteiger partial charge in [0, 0.05) is 6.42 Å². The van der Waals surface area contributed by atoms with Crippen molar-refractivity contribution < 1.29 is 24.2 Å². The highest BCUT2D eigenvalue weighted by molar-refractivity contribution is 6.32. The van der Waals surface area contributed by atoms with E-state index in [0.29, 0.717) is 10.8 Å². The van der Waals surface area contributed by atoms with Crippen molar-refractivity contribution >= 4 is 29.4 Å². The van der Waals surface area contributed by atoms with Crippen molar-refractivity contribution in [1.29, 1.82) is 0 Å². The molecule has 0 saturated carbocycles. The van der Waals surface area contributed by atoms with Gasteiger partial charge in [0.2, 0.25) is 5.91 Å². The second-order valence-corrected chi connectivity index (χ2v) is 4.59. The van der Waals surface area contributed by atoms with Crippen molar-refractivity contribution in [3.05, 3.63) is 29.3 Å². The molecule has 1 aromatic rings. The molecule has 0 heterocycles. The van der Waals surface area contributed by atoms with E-state index in [-0.39, 0.29) is 19.4 Å². The van der Waals surface area contributed by atoms with Crippen molar-refractivity contribution in [3.8, 4) is 5.75 Å². The summed E-state index contributed by atoms with van der Waals surface area (Å²) in [5.74, 6) is -2.20. The SMILES string of the molecule is NC(=O)CC[C@@H](NC(=O)COc1ccccc1Cl)C(=O)O. The number of aliphatic carboxylic acids is 1. The number of carbonyl (C=O) groups is 3. The molecule has 0 saturated heterocycles. The monoisotopic (exact) mass is 314 g/mol. The highest BCUT2D eigenvalue weighted by Gasteiger charge is 2.20. The van der Waals surface area contributed by atoms with E-state index in [0.717, 1.165) is 0 Å². The zero-order valence-corrected chi connectivity index (χ0v) is 11.8.